The predicted octanol–water partition coefficient (Wildman–Crippen LogP) is 14.0. The highest BCUT2D eigenvalue weighted by Gasteiger charge is 2.49. The van der Waals surface area contributed by atoms with E-state index in [0.29, 0.717) is 0 Å². The number of anilines is 6. The van der Waals surface area contributed by atoms with Gasteiger partial charge in [-0.3, -0.25) is 0 Å². The van der Waals surface area contributed by atoms with Gasteiger partial charge in [0.05, 0.1) is 0 Å². The first kappa shape index (κ1) is 38.4. The number of nitrogens with zero attached hydrogens (tertiary/aromatic N) is 2. The van der Waals surface area contributed by atoms with Gasteiger partial charge < -0.3 is 9.80 Å². The molecule has 11 aromatic carbocycles. The van der Waals surface area contributed by atoms with Gasteiger partial charge in [-0.25, -0.2) is 0 Å². The SMILES string of the molecule is c1ccc(N2c3ccccc3[Si](c3ccccc3)(c3ccccc3)c3cc(N(c4ccc(-c5cccc6ccccc56)cc4)c4ccc(-c5cccc6ccccc56)cc4)ccc32)cc1. The summed E-state index contributed by atoms with van der Waals surface area (Å²) in [5.74, 6) is 0. The van der Waals surface area contributed by atoms with Gasteiger partial charge in [-0.15, -0.1) is 0 Å². The Bertz CT molecular complexity index is 3300. The molecule has 0 saturated heterocycles. The Morgan fingerprint density at radius 1 is 0.308 bits per heavy atom. The summed E-state index contributed by atoms with van der Waals surface area (Å²) in [4.78, 5) is 4.93. The topological polar surface area (TPSA) is 6.48 Å². The standard InChI is InChI=1S/C62H44N2Si/c1-4-22-49(23-5-1)64-59-32-14-15-33-61(59)65(53-24-6-2-7-25-53,54-26-8-3-9-27-54)62-44-52(42-43-60(62)64)63(50-38-34-47(35-39-50)57-30-16-20-45-18-10-12-28-55(45)57)51-40-36-48(37-41-51)58-31-17-21-46-19-11-13-29-56(46)58/h1-44H. The van der Waals surface area contributed by atoms with Crippen molar-refractivity contribution in [2.24, 2.45) is 0 Å². The fraction of sp³-hybridized carbons (Fsp3) is 0. The van der Waals surface area contributed by atoms with E-state index < -0.39 is 8.07 Å². The summed E-state index contributed by atoms with van der Waals surface area (Å²) in [6.07, 6.45) is 0. The van der Waals surface area contributed by atoms with Gasteiger partial charge in [0.2, 0.25) is 0 Å². The van der Waals surface area contributed by atoms with Crippen molar-refractivity contribution in [3.63, 3.8) is 0 Å². The lowest BCUT2D eigenvalue weighted by Crippen LogP contribution is -2.77. The average Bonchev–Trinajstić information content (AvgIpc) is 3.39. The molecule has 0 saturated carbocycles. The molecule has 65 heavy (non-hydrogen) atoms. The van der Waals surface area contributed by atoms with Crippen LogP contribution in [0.3, 0.4) is 0 Å². The summed E-state index contributed by atoms with van der Waals surface area (Å²) in [7, 11) is -2.96. The van der Waals surface area contributed by atoms with Gasteiger partial charge >= 0.3 is 0 Å². The van der Waals surface area contributed by atoms with E-state index in [1.165, 1.54) is 75.9 Å². The first-order valence-electron chi connectivity index (χ1n) is 22.4. The van der Waals surface area contributed by atoms with E-state index in [-0.39, 0.29) is 0 Å². The molecule has 0 unspecified atom stereocenters. The third-order valence-electron chi connectivity index (χ3n) is 13.3. The Labute approximate surface area is 381 Å². The average molecular weight is 845 g/mol. The molecule has 0 aliphatic carbocycles. The Kier molecular flexibility index (Phi) is 9.55. The summed E-state index contributed by atoms with van der Waals surface area (Å²) in [5, 5.41) is 10.4. The molecule has 1 aliphatic rings. The molecule has 2 nitrogen and oxygen atoms in total. The molecule has 1 heterocycles. The van der Waals surface area contributed by atoms with E-state index in [4.69, 9.17) is 0 Å². The van der Waals surface area contributed by atoms with E-state index in [9.17, 15) is 0 Å². The maximum Gasteiger partial charge on any atom is 0.184 e. The normalized spacial score (nSPS) is 12.7. The van der Waals surface area contributed by atoms with E-state index in [2.05, 4.69) is 277 Å². The number of hydrogen-bond donors (Lipinski definition) is 0. The summed E-state index contributed by atoms with van der Waals surface area (Å²) in [6.45, 7) is 0. The van der Waals surface area contributed by atoms with Crippen LogP contribution in [0.2, 0.25) is 0 Å². The predicted molar refractivity (Wildman–Crippen MR) is 279 cm³/mol. The van der Waals surface area contributed by atoms with Gasteiger partial charge in [0.25, 0.3) is 0 Å². The zero-order chi connectivity index (χ0) is 43.2. The fourth-order valence-electron chi connectivity index (χ4n) is 10.4. The van der Waals surface area contributed by atoms with E-state index in [1.807, 2.05) is 0 Å². The lowest BCUT2D eigenvalue weighted by Gasteiger charge is -2.45. The molecule has 11 aromatic rings. The molecule has 0 radical (unpaired) electrons. The molecule has 0 amide bonds. The second-order valence-electron chi connectivity index (χ2n) is 16.9. The van der Waals surface area contributed by atoms with Gasteiger partial charge in [0.15, 0.2) is 8.07 Å². The van der Waals surface area contributed by atoms with Crippen molar-refractivity contribution < 1.29 is 0 Å². The van der Waals surface area contributed by atoms with Crippen molar-refractivity contribution >= 4 is 84.5 Å². The van der Waals surface area contributed by atoms with Crippen molar-refractivity contribution in [3.05, 3.63) is 267 Å². The summed E-state index contributed by atoms with van der Waals surface area (Å²) >= 11 is 0. The van der Waals surface area contributed by atoms with Crippen LogP contribution < -0.4 is 30.5 Å². The lowest BCUT2D eigenvalue weighted by molar-refractivity contribution is 1.26. The van der Waals surface area contributed by atoms with E-state index in [1.54, 1.807) is 0 Å². The highest BCUT2D eigenvalue weighted by atomic mass is 28.3. The van der Waals surface area contributed by atoms with Crippen LogP contribution in [-0.2, 0) is 0 Å². The molecule has 0 aromatic heterocycles. The van der Waals surface area contributed by atoms with Crippen LogP contribution in [0.4, 0.5) is 34.1 Å². The molecule has 12 rings (SSSR count). The van der Waals surface area contributed by atoms with Crippen LogP contribution in [0.15, 0.2) is 267 Å². The molecule has 0 atom stereocenters. The number of fused-ring (bicyclic) bond motifs is 4. The summed E-state index contributed by atoms with van der Waals surface area (Å²) in [6, 6.07) is 98.6. The van der Waals surface area contributed by atoms with E-state index in [0.717, 1.165) is 22.7 Å². The molecular formula is C62H44N2Si. The Morgan fingerprint density at radius 3 is 1.29 bits per heavy atom. The molecule has 1 aliphatic heterocycles. The first-order chi connectivity index (χ1) is 32.3. The van der Waals surface area contributed by atoms with Gasteiger partial charge in [0, 0.05) is 34.1 Å². The minimum Gasteiger partial charge on any atom is -0.311 e. The third kappa shape index (κ3) is 6.47. The Hall–Kier alpha value is -8.24. The molecule has 0 spiro atoms. The lowest BCUT2D eigenvalue weighted by atomic mass is 9.97. The van der Waals surface area contributed by atoms with Crippen molar-refractivity contribution in [1.82, 2.24) is 0 Å². The molecule has 0 fully saturated rings. The quantitative estimate of drug-likeness (QED) is 0.141. The second kappa shape index (κ2) is 16.1. The van der Waals surface area contributed by atoms with Crippen LogP contribution in [-0.4, -0.2) is 8.07 Å². The fourth-order valence-corrected chi connectivity index (χ4v) is 15.5. The molecular weight excluding hydrogens is 801 g/mol. The maximum absolute atomic E-state index is 2.96. The minimum atomic E-state index is -2.96. The highest BCUT2D eigenvalue weighted by molar-refractivity contribution is 7.21. The molecule has 0 bridgehead atoms. The van der Waals surface area contributed by atoms with Crippen molar-refractivity contribution in [3.8, 4) is 22.3 Å². The molecule has 0 N–H and O–H groups in total. The van der Waals surface area contributed by atoms with Gasteiger partial charge in [-0.05, 0) is 125 Å². The number of para-hydroxylation sites is 2. The molecule has 306 valence electrons. The van der Waals surface area contributed by atoms with Gasteiger partial charge in [-0.1, -0.05) is 206 Å². The first-order valence-corrected chi connectivity index (χ1v) is 24.4. The number of hydrogen-bond acceptors (Lipinski definition) is 2. The summed E-state index contributed by atoms with van der Waals surface area (Å²) in [5.41, 5.74) is 11.7. The smallest absolute Gasteiger partial charge is 0.184 e. The monoisotopic (exact) mass is 844 g/mol. The zero-order valence-electron chi connectivity index (χ0n) is 35.8. The van der Waals surface area contributed by atoms with Crippen LogP contribution in [0.5, 0.6) is 0 Å². The molecule has 3 heteroatoms. The van der Waals surface area contributed by atoms with Crippen LogP contribution >= 0.6 is 0 Å². The number of benzene rings is 11. The minimum absolute atomic E-state index is 1.09. The maximum atomic E-state index is 2.52. The largest absolute Gasteiger partial charge is 0.311 e. The third-order valence-corrected chi connectivity index (χ3v) is 18.2. The highest BCUT2D eigenvalue weighted by Crippen LogP contribution is 2.43. The van der Waals surface area contributed by atoms with Crippen LogP contribution in [0, 0.1) is 0 Å². The second-order valence-corrected chi connectivity index (χ2v) is 20.6. The summed E-state index contributed by atoms with van der Waals surface area (Å²) < 4.78 is 0. The Morgan fingerprint density at radius 2 is 0.738 bits per heavy atom. The van der Waals surface area contributed by atoms with Crippen molar-refractivity contribution in [2.75, 3.05) is 9.80 Å². The Balaban J connectivity index is 1.10. The van der Waals surface area contributed by atoms with Gasteiger partial charge in [0.1, 0.15) is 0 Å². The number of rotatable bonds is 8. The van der Waals surface area contributed by atoms with E-state index >= 15 is 0 Å². The van der Waals surface area contributed by atoms with Crippen LogP contribution in [0.1, 0.15) is 0 Å². The van der Waals surface area contributed by atoms with Crippen LogP contribution in [0.25, 0.3) is 43.8 Å². The van der Waals surface area contributed by atoms with Crippen molar-refractivity contribution in [2.45, 2.75) is 0 Å². The zero-order valence-corrected chi connectivity index (χ0v) is 36.8. The van der Waals surface area contributed by atoms with Gasteiger partial charge in [-0.2, -0.15) is 0 Å². The van der Waals surface area contributed by atoms with Crippen molar-refractivity contribution in [1.29, 1.82) is 0 Å².